The molecule has 19 heavy (non-hydrogen) atoms. The van der Waals surface area contributed by atoms with Crippen LogP contribution in [0.3, 0.4) is 0 Å². The minimum Gasteiger partial charge on any atom is -0.281 e. The predicted octanol–water partition coefficient (Wildman–Crippen LogP) is 4.02. The van der Waals surface area contributed by atoms with Gasteiger partial charge in [0.15, 0.2) is 0 Å². The SMILES string of the molecule is Cc1ccc(-c2nc3cc(C)ccn3c2N=O)cc1. The molecule has 0 amide bonds. The van der Waals surface area contributed by atoms with Crippen LogP contribution in [0.5, 0.6) is 0 Å². The molecule has 3 aromatic rings. The number of pyridine rings is 1. The van der Waals surface area contributed by atoms with E-state index in [0.717, 1.165) is 16.8 Å². The monoisotopic (exact) mass is 251 g/mol. The van der Waals surface area contributed by atoms with Gasteiger partial charge in [-0.25, -0.2) is 4.98 Å². The van der Waals surface area contributed by atoms with Crippen molar-refractivity contribution in [3.05, 3.63) is 58.6 Å². The van der Waals surface area contributed by atoms with Gasteiger partial charge in [-0.2, -0.15) is 0 Å². The molecule has 1 aromatic carbocycles. The lowest BCUT2D eigenvalue weighted by atomic mass is 10.1. The summed E-state index contributed by atoms with van der Waals surface area (Å²) in [6.45, 7) is 4.02. The summed E-state index contributed by atoms with van der Waals surface area (Å²) in [5, 5.41) is 3.14. The van der Waals surface area contributed by atoms with E-state index >= 15 is 0 Å². The first-order valence-corrected chi connectivity index (χ1v) is 6.08. The molecule has 0 bridgehead atoms. The first-order valence-electron chi connectivity index (χ1n) is 6.08. The number of hydrogen-bond donors (Lipinski definition) is 0. The van der Waals surface area contributed by atoms with Gasteiger partial charge in [0, 0.05) is 11.8 Å². The van der Waals surface area contributed by atoms with Gasteiger partial charge in [-0.05, 0) is 36.7 Å². The normalized spacial score (nSPS) is 10.8. The maximum absolute atomic E-state index is 11.1. The van der Waals surface area contributed by atoms with Crippen LogP contribution in [0.15, 0.2) is 47.8 Å². The molecule has 0 saturated heterocycles. The van der Waals surface area contributed by atoms with Crippen molar-refractivity contribution in [2.24, 2.45) is 5.18 Å². The molecule has 2 aromatic heterocycles. The number of nitrogens with zero attached hydrogens (tertiary/aromatic N) is 3. The predicted molar refractivity (Wildman–Crippen MR) is 75.6 cm³/mol. The fraction of sp³-hybridized carbons (Fsp3) is 0.133. The van der Waals surface area contributed by atoms with Crippen LogP contribution >= 0.6 is 0 Å². The molecule has 2 heterocycles. The molecule has 0 saturated carbocycles. The van der Waals surface area contributed by atoms with Gasteiger partial charge >= 0.3 is 0 Å². The lowest BCUT2D eigenvalue weighted by Gasteiger charge is -1.98. The summed E-state index contributed by atoms with van der Waals surface area (Å²) in [5.41, 5.74) is 4.54. The summed E-state index contributed by atoms with van der Waals surface area (Å²) in [7, 11) is 0. The van der Waals surface area contributed by atoms with Crippen LogP contribution in [-0.4, -0.2) is 9.38 Å². The van der Waals surface area contributed by atoms with Gasteiger partial charge in [0.2, 0.25) is 5.82 Å². The minimum atomic E-state index is 0.346. The molecule has 0 radical (unpaired) electrons. The largest absolute Gasteiger partial charge is 0.281 e. The smallest absolute Gasteiger partial charge is 0.209 e. The van der Waals surface area contributed by atoms with Crippen LogP contribution in [0.1, 0.15) is 11.1 Å². The van der Waals surface area contributed by atoms with E-state index in [1.807, 2.05) is 56.4 Å². The summed E-state index contributed by atoms with van der Waals surface area (Å²) in [6, 6.07) is 11.8. The van der Waals surface area contributed by atoms with Crippen molar-refractivity contribution in [2.75, 3.05) is 0 Å². The highest BCUT2D eigenvalue weighted by molar-refractivity contribution is 5.74. The van der Waals surface area contributed by atoms with Gasteiger partial charge in [-0.3, -0.25) is 4.40 Å². The molecule has 0 atom stereocenters. The molecular weight excluding hydrogens is 238 g/mol. The maximum Gasteiger partial charge on any atom is 0.209 e. The number of imidazole rings is 1. The molecule has 4 nitrogen and oxygen atoms in total. The standard InChI is InChI=1S/C15H13N3O/c1-10-3-5-12(6-4-10)14-15(17-19)18-8-7-11(2)9-13(18)16-14/h3-9H,1-2H3. The third-order valence-corrected chi connectivity index (χ3v) is 3.17. The number of hydrogen-bond acceptors (Lipinski definition) is 3. The van der Waals surface area contributed by atoms with Crippen molar-refractivity contribution in [1.82, 2.24) is 9.38 Å². The summed E-state index contributed by atoms with van der Waals surface area (Å²) in [5.74, 6) is 0.346. The van der Waals surface area contributed by atoms with Crippen molar-refractivity contribution in [1.29, 1.82) is 0 Å². The lowest BCUT2D eigenvalue weighted by molar-refractivity contribution is 1.15. The number of benzene rings is 1. The third-order valence-electron chi connectivity index (χ3n) is 3.17. The molecule has 3 rings (SSSR count). The van der Waals surface area contributed by atoms with E-state index in [-0.39, 0.29) is 0 Å². The molecule has 4 heteroatoms. The van der Waals surface area contributed by atoms with Gasteiger partial charge in [0.25, 0.3) is 0 Å². The van der Waals surface area contributed by atoms with Crippen molar-refractivity contribution in [3.63, 3.8) is 0 Å². The average Bonchev–Trinajstić information content (AvgIpc) is 2.77. The van der Waals surface area contributed by atoms with Gasteiger partial charge in [-0.15, -0.1) is 4.91 Å². The van der Waals surface area contributed by atoms with Crippen molar-refractivity contribution < 1.29 is 0 Å². The Kier molecular flexibility index (Phi) is 2.63. The Bertz CT molecular complexity index is 757. The molecule has 0 N–H and O–H groups in total. The summed E-state index contributed by atoms with van der Waals surface area (Å²) in [6.07, 6.45) is 1.83. The number of aromatic nitrogens is 2. The van der Waals surface area contributed by atoms with Crippen LogP contribution in [0.4, 0.5) is 5.82 Å². The second-order valence-electron chi connectivity index (χ2n) is 4.67. The Morgan fingerprint density at radius 1 is 1.05 bits per heavy atom. The summed E-state index contributed by atoms with van der Waals surface area (Å²) < 4.78 is 1.72. The van der Waals surface area contributed by atoms with Crippen LogP contribution in [0, 0.1) is 18.8 Å². The third kappa shape index (κ3) is 1.91. The highest BCUT2D eigenvalue weighted by atomic mass is 16.3. The fourth-order valence-electron chi connectivity index (χ4n) is 2.13. The Hall–Kier alpha value is -2.49. The first-order chi connectivity index (χ1) is 9.19. The van der Waals surface area contributed by atoms with Crippen LogP contribution in [0.2, 0.25) is 0 Å². The topological polar surface area (TPSA) is 46.7 Å². The van der Waals surface area contributed by atoms with Crippen LogP contribution in [0.25, 0.3) is 16.9 Å². The van der Waals surface area contributed by atoms with Gasteiger partial charge in [0.1, 0.15) is 11.3 Å². The Morgan fingerprint density at radius 2 is 1.79 bits per heavy atom. The Balaban J connectivity index is 2.28. The lowest BCUT2D eigenvalue weighted by Crippen LogP contribution is -1.83. The zero-order chi connectivity index (χ0) is 13.4. The number of aryl methyl sites for hydroxylation is 2. The first kappa shape index (κ1) is 11.6. The zero-order valence-corrected chi connectivity index (χ0v) is 10.8. The van der Waals surface area contributed by atoms with Crippen molar-refractivity contribution >= 4 is 11.5 Å². The average molecular weight is 251 g/mol. The highest BCUT2D eigenvalue weighted by Crippen LogP contribution is 2.31. The molecule has 0 aliphatic heterocycles. The maximum atomic E-state index is 11.1. The zero-order valence-electron chi connectivity index (χ0n) is 10.8. The van der Waals surface area contributed by atoms with Crippen LogP contribution in [-0.2, 0) is 0 Å². The van der Waals surface area contributed by atoms with E-state index in [1.54, 1.807) is 4.40 Å². The molecular formula is C15H13N3O. The highest BCUT2D eigenvalue weighted by Gasteiger charge is 2.14. The van der Waals surface area contributed by atoms with Gasteiger partial charge < -0.3 is 0 Å². The van der Waals surface area contributed by atoms with Crippen molar-refractivity contribution in [3.8, 4) is 11.3 Å². The molecule has 0 aliphatic rings. The van der Waals surface area contributed by atoms with Crippen molar-refractivity contribution in [2.45, 2.75) is 13.8 Å². The molecule has 94 valence electrons. The molecule has 0 fully saturated rings. The number of fused-ring (bicyclic) bond motifs is 1. The number of rotatable bonds is 2. The summed E-state index contributed by atoms with van der Waals surface area (Å²) in [4.78, 5) is 15.6. The van der Waals surface area contributed by atoms with E-state index in [4.69, 9.17) is 0 Å². The summed E-state index contributed by atoms with van der Waals surface area (Å²) >= 11 is 0. The van der Waals surface area contributed by atoms with E-state index in [9.17, 15) is 4.91 Å². The molecule has 0 spiro atoms. The molecule has 0 unspecified atom stereocenters. The second-order valence-corrected chi connectivity index (χ2v) is 4.67. The van der Waals surface area contributed by atoms with E-state index in [1.165, 1.54) is 5.56 Å². The number of nitroso groups, excluding NO2 is 1. The quantitative estimate of drug-likeness (QED) is 0.646. The Morgan fingerprint density at radius 3 is 2.47 bits per heavy atom. The minimum absolute atomic E-state index is 0.346. The fourth-order valence-corrected chi connectivity index (χ4v) is 2.13. The Labute approximate surface area is 110 Å². The van der Waals surface area contributed by atoms with Gasteiger partial charge in [0.05, 0.1) is 0 Å². The second kappa shape index (κ2) is 4.31. The molecule has 0 aliphatic carbocycles. The van der Waals surface area contributed by atoms with E-state index in [2.05, 4.69) is 10.2 Å². The van der Waals surface area contributed by atoms with Gasteiger partial charge in [-0.1, -0.05) is 29.8 Å². The van der Waals surface area contributed by atoms with E-state index < -0.39 is 0 Å². The van der Waals surface area contributed by atoms with E-state index in [0.29, 0.717) is 11.5 Å². The van der Waals surface area contributed by atoms with Crippen LogP contribution < -0.4 is 0 Å².